The minimum absolute atomic E-state index is 0.0722. The number of phenolic OH excluding ortho intramolecular Hbond substituents is 3. The van der Waals surface area contributed by atoms with Crippen LogP contribution in [0.25, 0.3) is 0 Å². The topological polar surface area (TPSA) is 104 Å². The molecule has 1 fully saturated rings. The van der Waals surface area contributed by atoms with Crippen LogP contribution in [0.1, 0.15) is 95.6 Å². The molecule has 1 heterocycles. The van der Waals surface area contributed by atoms with Crippen molar-refractivity contribution in [2.75, 3.05) is 0 Å². The highest BCUT2D eigenvalue weighted by atomic mass is 16.5. The number of aromatic hydroxyl groups is 3. The zero-order valence-corrected chi connectivity index (χ0v) is 17.4. The number of ether oxygens (including phenoxy) is 1. The van der Waals surface area contributed by atoms with Crippen molar-refractivity contribution < 1.29 is 29.6 Å². The zero-order chi connectivity index (χ0) is 21.2. The lowest BCUT2D eigenvalue weighted by molar-refractivity contribution is -0.156. The molecule has 0 spiro atoms. The van der Waals surface area contributed by atoms with Crippen molar-refractivity contribution in [3.8, 4) is 17.2 Å². The largest absolute Gasteiger partial charge is 0.504 e. The average Bonchev–Trinajstić information content (AvgIpc) is 2.69. The molecule has 0 aromatic heterocycles. The predicted molar refractivity (Wildman–Crippen MR) is 110 cm³/mol. The lowest BCUT2D eigenvalue weighted by Gasteiger charge is -2.28. The smallest absolute Gasteiger partial charge is 0.231 e. The van der Waals surface area contributed by atoms with Crippen molar-refractivity contribution in [2.45, 2.75) is 96.2 Å². The second-order valence-electron chi connectivity index (χ2n) is 8.01. The van der Waals surface area contributed by atoms with Gasteiger partial charge >= 0.3 is 0 Å². The van der Waals surface area contributed by atoms with Gasteiger partial charge in [-0.05, 0) is 24.1 Å². The molecule has 1 aliphatic heterocycles. The van der Waals surface area contributed by atoms with Crippen LogP contribution in [0.15, 0.2) is 12.1 Å². The molecule has 0 bridgehead atoms. The van der Waals surface area contributed by atoms with Crippen LogP contribution in [0.4, 0.5) is 0 Å². The Balaban J connectivity index is 1.75. The van der Waals surface area contributed by atoms with Crippen LogP contribution in [0.2, 0.25) is 0 Å². The van der Waals surface area contributed by atoms with E-state index in [-0.39, 0.29) is 18.1 Å². The summed E-state index contributed by atoms with van der Waals surface area (Å²) in [5, 5.41) is 28.8. The first kappa shape index (κ1) is 23.2. The summed E-state index contributed by atoms with van der Waals surface area (Å²) in [7, 11) is 0. The molecule has 1 saturated heterocycles. The lowest BCUT2D eigenvalue weighted by Crippen LogP contribution is -2.36. The Morgan fingerprint density at radius 1 is 0.862 bits per heavy atom. The van der Waals surface area contributed by atoms with Gasteiger partial charge in [0.25, 0.3) is 0 Å². The van der Waals surface area contributed by atoms with E-state index in [0.717, 1.165) is 31.4 Å². The van der Waals surface area contributed by atoms with E-state index >= 15 is 0 Å². The lowest BCUT2D eigenvalue weighted by atomic mass is 9.93. The molecule has 0 radical (unpaired) electrons. The highest BCUT2D eigenvalue weighted by molar-refractivity contribution is 6.39. The van der Waals surface area contributed by atoms with Gasteiger partial charge in [0.2, 0.25) is 11.6 Å². The van der Waals surface area contributed by atoms with Crippen LogP contribution in [0.5, 0.6) is 17.2 Å². The molecule has 29 heavy (non-hydrogen) atoms. The number of ketones is 2. The summed E-state index contributed by atoms with van der Waals surface area (Å²) in [5.41, 5.74) is 0.170. The molecular formula is C23H34O6. The van der Waals surface area contributed by atoms with Crippen LogP contribution in [0.3, 0.4) is 0 Å². The molecule has 2 unspecified atom stereocenters. The molecule has 3 N–H and O–H groups in total. The zero-order valence-electron chi connectivity index (χ0n) is 17.4. The summed E-state index contributed by atoms with van der Waals surface area (Å²) < 4.78 is 5.81. The summed E-state index contributed by atoms with van der Waals surface area (Å²) >= 11 is 0. The van der Waals surface area contributed by atoms with Gasteiger partial charge in [-0.2, -0.15) is 0 Å². The second-order valence-corrected chi connectivity index (χ2v) is 8.01. The van der Waals surface area contributed by atoms with Gasteiger partial charge < -0.3 is 20.1 Å². The number of carbonyl (C=O) groups is 2. The molecule has 162 valence electrons. The fraction of sp³-hybridized carbons (Fsp3) is 0.652. The van der Waals surface area contributed by atoms with E-state index in [1.807, 2.05) is 0 Å². The predicted octanol–water partition coefficient (Wildman–Crippen LogP) is 5.08. The van der Waals surface area contributed by atoms with E-state index in [4.69, 9.17) is 4.74 Å². The Morgan fingerprint density at radius 2 is 1.38 bits per heavy atom. The second kappa shape index (κ2) is 11.8. The molecule has 0 aliphatic carbocycles. The van der Waals surface area contributed by atoms with Gasteiger partial charge in [0.05, 0.1) is 6.10 Å². The third-order valence-corrected chi connectivity index (χ3v) is 5.53. The Kier molecular flexibility index (Phi) is 9.45. The van der Waals surface area contributed by atoms with Gasteiger partial charge in [0.1, 0.15) is 6.10 Å². The highest BCUT2D eigenvalue weighted by Gasteiger charge is 2.37. The normalized spacial score (nSPS) is 19.6. The maximum atomic E-state index is 12.2. The summed E-state index contributed by atoms with van der Waals surface area (Å²) in [6, 6.07) is 2.29. The van der Waals surface area contributed by atoms with E-state index in [2.05, 4.69) is 6.92 Å². The Hall–Kier alpha value is -2.08. The molecule has 6 nitrogen and oxygen atoms in total. The van der Waals surface area contributed by atoms with Crippen molar-refractivity contribution in [3.63, 3.8) is 0 Å². The highest BCUT2D eigenvalue weighted by Crippen LogP contribution is 2.39. The van der Waals surface area contributed by atoms with Gasteiger partial charge in [-0.3, -0.25) is 9.59 Å². The first-order valence-electron chi connectivity index (χ1n) is 10.9. The number of unbranched alkanes of at least 4 members (excludes halogenated alkanes) is 9. The molecule has 1 aromatic rings. The van der Waals surface area contributed by atoms with Crippen molar-refractivity contribution in [1.82, 2.24) is 0 Å². The SMILES string of the molecule is CCCCCCCCCCCCC1CC(=O)C(=O)C(c2cc(O)c(O)c(O)c2)O1. The number of Topliss-reactive ketones (excluding diaryl/α,β-unsaturated/α-hetero) is 2. The summed E-state index contributed by atoms with van der Waals surface area (Å²) in [4.78, 5) is 24.3. The van der Waals surface area contributed by atoms with Crippen molar-refractivity contribution in [3.05, 3.63) is 17.7 Å². The maximum Gasteiger partial charge on any atom is 0.231 e. The van der Waals surface area contributed by atoms with Gasteiger partial charge in [0, 0.05) is 6.42 Å². The van der Waals surface area contributed by atoms with Crippen LogP contribution in [-0.2, 0) is 14.3 Å². The van der Waals surface area contributed by atoms with Crippen molar-refractivity contribution in [1.29, 1.82) is 0 Å². The fourth-order valence-corrected chi connectivity index (χ4v) is 3.79. The minimum Gasteiger partial charge on any atom is -0.504 e. The Bertz CT molecular complexity index is 661. The quantitative estimate of drug-likeness (QED) is 0.254. The first-order chi connectivity index (χ1) is 13.9. The molecule has 1 aromatic carbocycles. The first-order valence-corrected chi connectivity index (χ1v) is 10.9. The number of carbonyl (C=O) groups excluding carboxylic acids is 2. The third kappa shape index (κ3) is 7.03. The van der Waals surface area contributed by atoms with Gasteiger partial charge in [0.15, 0.2) is 17.2 Å². The third-order valence-electron chi connectivity index (χ3n) is 5.53. The van der Waals surface area contributed by atoms with E-state index in [9.17, 15) is 24.9 Å². The van der Waals surface area contributed by atoms with Crippen molar-refractivity contribution >= 4 is 11.6 Å². The van der Waals surface area contributed by atoms with Gasteiger partial charge in [-0.25, -0.2) is 0 Å². The van der Waals surface area contributed by atoms with Gasteiger partial charge in [-0.1, -0.05) is 71.1 Å². The fourth-order valence-electron chi connectivity index (χ4n) is 3.79. The molecule has 0 saturated carbocycles. The van der Waals surface area contributed by atoms with Crippen molar-refractivity contribution in [2.24, 2.45) is 0 Å². The number of rotatable bonds is 12. The van der Waals surface area contributed by atoms with E-state index < -0.39 is 34.9 Å². The Labute approximate surface area is 172 Å². The van der Waals surface area contributed by atoms with E-state index in [1.165, 1.54) is 44.9 Å². The molecule has 0 amide bonds. The number of phenols is 3. The average molecular weight is 407 g/mol. The minimum atomic E-state index is -1.15. The van der Waals surface area contributed by atoms with Crippen LogP contribution >= 0.6 is 0 Å². The van der Waals surface area contributed by atoms with E-state index in [0.29, 0.717) is 6.42 Å². The number of hydrogen-bond acceptors (Lipinski definition) is 6. The van der Waals surface area contributed by atoms with Gasteiger partial charge in [-0.15, -0.1) is 0 Å². The van der Waals surface area contributed by atoms with Crippen LogP contribution < -0.4 is 0 Å². The number of benzene rings is 1. The molecule has 2 rings (SSSR count). The molecule has 1 aliphatic rings. The summed E-state index contributed by atoms with van der Waals surface area (Å²) in [6.45, 7) is 2.22. The monoisotopic (exact) mass is 406 g/mol. The van der Waals surface area contributed by atoms with Crippen LogP contribution in [0, 0.1) is 0 Å². The standard InChI is InChI=1S/C23H34O6/c1-2-3-4-5-6-7-8-9-10-11-12-17-15-20(26)22(28)23(29-17)16-13-18(24)21(27)19(25)14-16/h13-14,17,23-25,27H,2-12,15H2,1H3. The van der Waals surface area contributed by atoms with E-state index in [1.54, 1.807) is 0 Å². The Morgan fingerprint density at radius 3 is 1.93 bits per heavy atom. The number of hydrogen-bond donors (Lipinski definition) is 3. The maximum absolute atomic E-state index is 12.2. The molecule has 2 atom stereocenters. The molecular weight excluding hydrogens is 372 g/mol. The summed E-state index contributed by atoms with van der Waals surface area (Å²) in [6.07, 6.45) is 11.5. The summed E-state index contributed by atoms with van der Waals surface area (Å²) in [5.74, 6) is -2.95. The van der Waals surface area contributed by atoms with Crippen LogP contribution in [-0.4, -0.2) is 33.0 Å². The molecule has 6 heteroatoms.